The Bertz CT molecular complexity index is 427. The number of nitrogens with zero attached hydrogens (tertiary/aromatic N) is 2. The van der Waals surface area contributed by atoms with E-state index in [0.29, 0.717) is 18.7 Å². The molecule has 0 aliphatic rings. The second-order valence-corrected chi connectivity index (χ2v) is 4.84. The van der Waals surface area contributed by atoms with Crippen molar-refractivity contribution in [1.82, 2.24) is 9.88 Å². The summed E-state index contributed by atoms with van der Waals surface area (Å²) in [6.45, 7) is 9.10. The Balaban J connectivity index is 3.04. The van der Waals surface area contributed by atoms with Gasteiger partial charge in [0.05, 0.1) is 11.3 Å². The first-order valence-electron chi connectivity index (χ1n) is 7.00. The molecule has 1 aromatic rings. The van der Waals surface area contributed by atoms with Crippen molar-refractivity contribution in [2.24, 2.45) is 5.73 Å². The Hall–Kier alpha value is -1.42. The van der Waals surface area contributed by atoms with Crippen molar-refractivity contribution in [3.05, 3.63) is 29.1 Å². The molecular weight excluding hydrogens is 238 g/mol. The fraction of sp³-hybridized carbons (Fsp3) is 0.600. The first-order valence-corrected chi connectivity index (χ1v) is 7.00. The molecule has 0 saturated carbocycles. The predicted octanol–water partition coefficient (Wildman–Crippen LogP) is 2.29. The van der Waals surface area contributed by atoms with Crippen LogP contribution in [0, 0.1) is 13.8 Å². The molecule has 4 nitrogen and oxygen atoms in total. The molecular formula is C15H25N3O. The summed E-state index contributed by atoms with van der Waals surface area (Å²) in [4.78, 5) is 18.9. The van der Waals surface area contributed by atoms with Crippen molar-refractivity contribution in [2.75, 3.05) is 13.1 Å². The highest BCUT2D eigenvalue weighted by Gasteiger charge is 2.23. The van der Waals surface area contributed by atoms with Gasteiger partial charge < -0.3 is 10.6 Å². The van der Waals surface area contributed by atoms with Gasteiger partial charge in [0.1, 0.15) is 0 Å². The zero-order valence-electron chi connectivity index (χ0n) is 12.4. The van der Waals surface area contributed by atoms with E-state index in [1.807, 2.05) is 30.9 Å². The summed E-state index contributed by atoms with van der Waals surface area (Å²) in [6.07, 6.45) is 1.89. The van der Waals surface area contributed by atoms with Gasteiger partial charge >= 0.3 is 0 Å². The number of aromatic nitrogens is 1. The van der Waals surface area contributed by atoms with Crippen LogP contribution >= 0.6 is 0 Å². The summed E-state index contributed by atoms with van der Waals surface area (Å²) < 4.78 is 0. The Morgan fingerprint density at radius 1 is 1.32 bits per heavy atom. The summed E-state index contributed by atoms with van der Waals surface area (Å²) in [5.41, 5.74) is 8.05. The van der Waals surface area contributed by atoms with Gasteiger partial charge in [-0.05, 0) is 38.8 Å². The number of aryl methyl sites for hydroxylation is 2. The van der Waals surface area contributed by atoms with Gasteiger partial charge in [-0.3, -0.25) is 9.78 Å². The third-order valence-electron chi connectivity index (χ3n) is 3.47. The molecule has 0 saturated heterocycles. The smallest absolute Gasteiger partial charge is 0.255 e. The van der Waals surface area contributed by atoms with E-state index in [0.717, 1.165) is 24.2 Å². The normalized spacial score (nSPS) is 10.8. The molecule has 2 N–H and O–H groups in total. The quantitative estimate of drug-likeness (QED) is 0.856. The van der Waals surface area contributed by atoms with Crippen LogP contribution in [0.3, 0.4) is 0 Å². The number of nitrogens with two attached hydrogens (primary N) is 1. The second-order valence-electron chi connectivity index (χ2n) is 4.84. The zero-order chi connectivity index (χ0) is 14.4. The summed E-state index contributed by atoms with van der Waals surface area (Å²) in [6, 6.07) is 4.00. The highest BCUT2D eigenvalue weighted by molar-refractivity contribution is 5.95. The standard InChI is InChI=1S/C15H25N3O/c1-5-13(6-2)18(10-9-16)15(19)14-8-7-11(3)17-12(14)4/h7-8,13H,5-6,9-10,16H2,1-4H3. The average molecular weight is 263 g/mol. The SMILES string of the molecule is CCC(CC)N(CCN)C(=O)c1ccc(C)nc1C. The molecule has 0 spiro atoms. The van der Waals surface area contributed by atoms with Gasteiger partial charge in [-0.25, -0.2) is 0 Å². The Kier molecular flexibility index (Phi) is 5.96. The van der Waals surface area contributed by atoms with E-state index in [1.54, 1.807) is 0 Å². The van der Waals surface area contributed by atoms with Gasteiger partial charge in [0.15, 0.2) is 0 Å². The molecule has 106 valence electrons. The maximum absolute atomic E-state index is 12.7. The lowest BCUT2D eigenvalue weighted by Gasteiger charge is -2.30. The van der Waals surface area contributed by atoms with E-state index < -0.39 is 0 Å². The molecule has 4 heteroatoms. The number of hydrogen-bond donors (Lipinski definition) is 1. The summed E-state index contributed by atoms with van der Waals surface area (Å²) in [5, 5.41) is 0. The predicted molar refractivity (Wildman–Crippen MR) is 78.2 cm³/mol. The number of hydrogen-bond acceptors (Lipinski definition) is 3. The minimum absolute atomic E-state index is 0.0455. The highest BCUT2D eigenvalue weighted by atomic mass is 16.2. The third-order valence-corrected chi connectivity index (χ3v) is 3.47. The fourth-order valence-corrected chi connectivity index (χ4v) is 2.39. The molecule has 0 aromatic carbocycles. The van der Waals surface area contributed by atoms with Crippen LogP contribution in [0.4, 0.5) is 0 Å². The van der Waals surface area contributed by atoms with E-state index in [-0.39, 0.29) is 11.9 Å². The van der Waals surface area contributed by atoms with Crippen LogP contribution in [0.15, 0.2) is 12.1 Å². The molecule has 0 aliphatic carbocycles. The van der Waals surface area contributed by atoms with Crippen LogP contribution in [-0.2, 0) is 0 Å². The Labute approximate surface area is 116 Å². The van der Waals surface area contributed by atoms with E-state index >= 15 is 0 Å². The highest BCUT2D eigenvalue weighted by Crippen LogP contribution is 2.15. The lowest BCUT2D eigenvalue weighted by atomic mass is 10.1. The van der Waals surface area contributed by atoms with Crippen molar-refractivity contribution in [3.63, 3.8) is 0 Å². The monoisotopic (exact) mass is 263 g/mol. The molecule has 19 heavy (non-hydrogen) atoms. The largest absolute Gasteiger partial charge is 0.334 e. The third kappa shape index (κ3) is 3.77. The molecule has 1 amide bonds. The molecule has 0 fully saturated rings. The van der Waals surface area contributed by atoms with E-state index in [2.05, 4.69) is 18.8 Å². The fourth-order valence-electron chi connectivity index (χ4n) is 2.39. The van der Waals surface area contributed by atoms with Crippen LogP contribution in [0.5, 0.6) is 0 Å². The van der Waals surface area contributed by atoms with E-state index in [9.17, 15) is 4.79 Å². The molecule has 0 unspecified atom stereocenters. The molecule has 0 aliphatic heterocycles. The molecule has 0 bridgehead atoms. The number of carbonyl (C=O) groups excluding carboxylic acids is 1. The van der Waals surface area contributed by atoms with Crippen molar-refractivity contribution >= 4 is 5.91 Å². The number of amides is 1. The van der Waals surface area contributed by atoms with Gasteiger partial charge in [-0.15, -0.1) is 0 Å². The lowest BCUT2D eigenvalue weighted by molar-refractivity contribution is 0.0673. The Morgan fingerprint density at radius 2 is 1.95 bits per heavy atom. The van der Waals surface area contributed by atoms with Gasteiger partial charge in [-0.2, -0.15) is 0 Å². The van der Waals surface area contributed by atoms with E-state index in [1.165, 1.54) is 0 Å². The molecule has 1 aromatic heterocycles. The lowest BCUT2D eigenvalue weighted by Crippen LogP contribution is -2.43. The first kappa shape index (κ1) is 15.6. The number of carbonyl (C=O) groups is 1. The van der Waals surface area contributed by atoms with Gasteiger partial charge in [0, 0.05) is 24.8 Å². The second kappa shape index (κ2) is 7.24. The van der Waals surface area contributed by atoms with Crippen molar-refractivity contribution in [3.8, 4) is 0 Å². The molecule has 1 heterocycles. The average Bonchev–Trinajstić information content (AvgIpc) is 2.38. The summed E-state index contributed by atoms with van der Waals surface area (Å²) in [7, 11) is 0. The van der Waals surface area contributed by atoms with Gasteiger partial charge in [0.2, 0.25) is 0 Å². The molecule has 1 rings (SSSR count). The minimum Gasteiger partial charge on any atom is -0.334 e. The summed E-state index contributed by atoms with van der Waals surface area (Å²) in [5.74, 6) is 0.0455. The molecule has 0 radical (unpaired) electrons. The van der Waals surface area contributed by atoms with Crippen molar-refractivity contribution in [1.29, 1.82) is 0 Å². The first-order chi connectivity index (χ1) is 9.04. The Morgan fingerprint density at radius 3 is 2.42 bits per heavy atom. The van der Waals surface area contributed by atoms with Crippen LogP contribution < -0.4 is 5.73 Å². The summed E-state index contributed by atoms with van der Waals surface area (Å²) >= 11 is 0. The number of rotatable bonds is 6. The van der Waals surface area contributed by atoms with Crippen LogP contribution in [0.2, 0.25) is 0 Å². The van der Waals surface area contributed by atoms with Gasteiger partial charge in [-0.1, -0.05) is 13.8 Å². The maximum atomic E-state index is 12.7. The molecule has 0 atom stereocenters. The van der Waals surface area contributed by atoms with Crippen LogP contribution in [0.1, 0.15) is 48.4 Å². The van der Waals surface area contributed by atoms with Crippen molar-refractivity contribution < 1.29 is 4.79 Å². The zero-order valence-corrected chi connectivity index (χ0v) is 12.4. The van der Waals surface area contributed by atoms with Gasteiger partial charge in [0.25, 0.3) is 5.91 Å². The number of pyridine rings is 1. The van der Waals surface area contributed by atoms with Crippen LogP contribution in [0.25, 0.3) is 0 Å². The van der Waals surface area contributed by atoms with E-state index in [4.69, 9.17) is 5.73 Å². The minimum atomic E-state index is 0.0455. The maximum Gasteiger partial charge on any atom is 0.255 e. The van der Waals surface area contributed by atoms with Crippen LogP contribution in [-0.4, -0.2) is 34.9 Å². The topological polar surface area (TPSA) is 59.2 Å². The van der Waals surface area contributed by atoms with Crippen molar-refractivity contribution in [2.45, 2.75) is 46.6 Å².